The molecule has 0 radical (unpaired) electrons. The molecule has 20 heavy (non-hydrogen) atoms. The van der Waals surface area contributed by atoms with Crippen LogP contribution >= 0.6 is 23.2 Å². The van der Waals surface area contributed by atoms with Gasteiger partial charge in [-0.05, 0) is 18.6 Å². The van der Waals surface area contributed by atoms with E-state index >= 15 is 0 Å². The van der Waals surface area contributed by atoms with Crippen molar-refractivity contribution in [1.82, 2.24) is 5.32 Å². The fourth-order valence-corrected chi connectivity index (χ4v) is 2.19. The third-order valence-electron chi connectivity index (χ3n) is 2.84. The van der Waals surface area contributed by atoms with Crippen LogP contribution in [0.4, 0.5) is 0 Å². The average Bonchev–Trinajstić information content (AvgIpc) is 2.42. The van der Waals surface area contributed by atoms with Gasteiger partial charge in [0.1, 0.15) is 12.7 Å². The minimum absolute atomic E-state index is 0.125. The molecule has 2 N–H and O–H groups in total. The molecule has 2 atom stereocenters. The van der Waals surface area contributed by atoms with Crippen LogP contribution in [-0.2, 0) is 4.74 Å². The van der Waals surface area contributed by atoms with Crippen molar-refractivity contribution in [2.75, 3.05) is 26.9 Å². The van der Waals surface area contributed by atoms with Crippen LogP contribution in [0, 0.1) is 0 Å². The third kappa shape index (κ3) is 5.85. The summed E-state index contributed by atoms with van der Waals surface area (Å²) >= 11 is 12.0. The molecule has 1 rings (SSSR count). The highest BCUT2D eigenvalue weighted by Gasteiger charge is 2.12. The summed E-state index contributed by atoms with van der Waals surface area (Å²) in [7, 11) is 1.66. The predicted octanol–water partition coefficient (Wildman–Crippen LogP) is 2.75. The summed E-state index contributed by atoms with van der Waals surface area (Å²) in [4.78, 5) is 0. The summed E-state index contributed by atoms with van der Waals surface area (Å²) in [6, 6.07) is 5.35. The van der Waals surface area contributed by atoms with Crippen LogP contribution in [0.25, 0.3) is 0 Å². The zero-order valence-electron chi connectivity index (χ0n) is 11.7. The Morgan fingerprint density at radius 3 is 2.45 bits per heavy atom. The maximum absolute atomic E-state index is 9.89. The van der Waals surface area contributed by atoms with Crippen LogP contribution < -0.4 is 10.1 Å². The standard InChI is InChI=1S/C14H21Cl2NO3/c1-3-10(8-19-2)17-7-11(18)9-20-14-12(15)5-4-6-13(14)16/h4-6,10-11,17-18H,3,7-9H2,1-2H3. The maximum atomic E-state index is 9.89. The zero-order valence-corrected chi connectivity index (χ0v) is 13.2. The summed E-state index contributed by atoms with van der Waals surface area (Å²) in [6.07, 6.45) is 0.283. The van der Waals surface area contributed by atoms with Crippen LogP contribution in [-0.4, -0.2) is 44.1 Å². The highest BCUT2D eigenvalue weighted by molar-refractivity contribution is 6.37. The fraction of sp³-hybridized carbons (Fsp3) is 0.571. The lowest BCUT2D eigenvalue weighted by Crippen LogP contribution is -2.40. The molecule has 0 heterocycles. The Morgan fingerprint density at radius 1 is 1.25 bits per heavy atom. The van der Waals surface area contributed by atoms with Gasteiger partial charge in [0.25, 0.3) is 0 Å². The number of nitrogens with one attached hydrogen (secondary N) is 1. The molecule has 0 saturated heterocycles. The second kappa shape index (κ2) is 9.42. The molecule has 0 aromatic heterocycles. The molecule has 1 aromatic carbocycles. The molecule has 0 aliphatic carbocycles. The van der Waals surface area contributed by atoms with Crippen LogP contribution in [0.15, 0.2) is 18.2 Å². The van der Waals surface area contributed by atoms with Gasteiger partial charge in [0.15, 0.2) is 5.75 Å². The Morgan fingerprint density at radius 2 is 1.90 bits per heavy atom. The van der Waals surface area contributed by atoms with E-state index in [9.17, 15) is 5.11 Å². The first-order chi connectivity index (χ1) is 9.58. The van der Waals surface area contributed by atoms with E-state index < -0.39 is 6.10 Å². The number of rotatable bonds is 9. The second-order valence-electron chi connectivity index (χ2n) is 4.48. The van der Waals surface area contributed by atoms with Crippen molar-refractivity contribution in [2.45, 2.75) is 25.5 Å². The Balaban J connectivity index is 2.38. The van der Waals surface area contributed by atoms with E-state index in [2.05, 4.69) is 12.2 Å². The van der Waals surface area contributed by atoms with E-state index in [1.807, 2.05) is 0 Å². The number of benzene rings is 1. The summed E-state index contributed by atoms with van der Waals surface area (Å²) in [5.74, 6) is 0.402. The van der Waals surface area contributed by atoms with Crippen molar-refractivity contribution >= 4 is 23.2 Å². The summed E-state index contributed by atoms with van der Waals surface area (Å²) in [5.41, 5.74) is 0. The van der Waals surface area contributed by atoms with Crippen LogP contribution in [0.3, 0.4) is 0 Å². The van der Waals surface area contributed by atoms with Crippen LogP contribution in [0.5, 0.6) is 5.75 Å². The number of para-hydroxylation sites is 1. The lowest BCUT2D eigenvalue weighted by atomic mass is 10.2. The summed E-state index contributed by atoms with van der Waals surface area (Å²) < 4.78 is 10.5. The van der Waals surface area contributed by atoms with Gasteiger partial charge in [-0.25, -0.2) is 0 Å². The van der Waals surface area contributed by atoms with Crippen molar-refractivity contribution in [3.8, 4) is 5.75 Å². The van der Waals surface area contributed by atoms with Gasteiger partial charge in [0.05, 0.1) is 16.7 Å². The van der Waals surface area contributed by atoms with Gasteiger partial charge in [0.2, 0.25) is 0 Å². The van der Waals surface area contributed by atoms with E-state index in [0.717, 1.165) is 6.42 Å². The number of aliphatic hydroxyl groups excluding tert-OH is 1. The Labute approximate surface area is 130 Å². The number of hydrogen-bond donors (Lipinski definition) is 2. The molecule has 0 aliphatic heterocycles. The lowest BCUT2D eigenvalue weighted by molar-refractivity contribution is 0.0954. The Hall–Kier alpha value is -0.520. The van der Waals surface area contributed by atoms with E-state index in [-0.39, 0.29) is 12.6 Å². The molecule has 114 valence electrons. The van der Waals surface area contributed by atoms with Crippen molar-refractivity contribution < 1.29 is 14.6 Å². The molecular weight excluding hydrogens is 301 g/mol. The Kier molecular flexibility index (Phi) is 8.26. The number of aliphatic hydroxyl groups is 1. The van der Waals surface area contributed by atoms with Gasteiger partial charge in [0, 0.05) is 19.7 Å². The quantitative estimate of drug-likeness (QED) is 0.734. The van der Waals surface area contributed by atoms with Crippen LogP contribution in [0.2, 0.25) is 10.0 Å². The van der Waals surface area contributed by atoms with Crippen molar-refractivity contribution in [3.63, 3.8) is 0 Å². The number of hydrogen-bond acceptors (Lipinski definition) is 4. The zero-order chi connectivity index (χ0) is 15.0. The minimum atomic E-state index is -0.645. The summed E-state index contributed by atoms with van der Waals surface area (Å²) in [5, 5.41) is 14.0. The first-order valence-electron chi connectivity index (χ1n) is 6.55. The van der Waals surface area contributed by atoms with E-state index in [0.29, 0.717) is 28.9 Å². The van der Waals surface area contributed by atoms with Gasteiger partial charge >= 0.3 is 0 Å². The molecule has 4 nitrogen and oxygen atoms in total. The second-order valence-corrected chi connectivity index (χ2v) is 5.30. The topological polar surface area (TPSA) is 50.7 Å². The molecule has 0 amide bonds. The monoisotopic (exact) mass is 321 g/mol. The number of halogens is 2. The van der Waals surface area contributed by atoms with Crippen molar-refractivity contribution in [2.24, 2.45) is 0 Å². The molecule has 2 unspecified atom stereocenters. The number of methoxy groups -OCH3 is 1. The van der Waals surface area contributed by atoms with E-state index in [1.54, 1.807) is 25.3 Å². The molecule has 0 bridgehead atoms. The highest BCUT2D eigenvalue weighted by atomic mass is 35.5. The Bertz CT molecular complexity index is 384. The smallest absolute Gasteiger partial charge is 0.156 e. The lowest BCUT2D eigenvalue weighted by Gasteiger charge is -2.19. The van der Waals surface area contributed by atoms with Gasteiger partial charge < -0.3 is 19.9 Å². The molecular formula is C14H21Cl2NO3. The van der Waals surface area contributed by atoms with E-state index in [1.165, 1.54) is 0 Å². The van der Waals surface area contributed by atoms with Crippen molar-refractivity contribution in [3.05, 3.63) is 28.2 Å². The SMILES string of the molecule is CCC(COC)NCC(O)COc1c(Cl)cccc1Cl. The molecule has 0 spiro atoms. The van der Waals surface area contributed by atoms with Gasteiger partial charge in [-0.15, -0.1) is 0 Å². The van der Waals surface area contributed by atoms with Gasteiger partial charge in [-0.1, -0.05) is 36.2 Å². The molecule has 0 saturated carbocycles. The molecule has 1 aromatic rings. The first kappa shape index (κ1) is 17.5. The minimum Gasteiger partial charge on any atom is -0.488 e. The normalized spacial score (nSPS) is 14.1. The average molecular weight is 322 g/mol. The largest absolute Gasteiger partial charge is 0.488 e. The summed E-state index contributed by atoms with van der Waals surface area (Å²) in [6.45, 7) is 3.22. The van der Waals surface area contributed by atoms with Gasteiger partial charge in [-0.2, -0.15) is 0 Å². The predicted molar refractivity (Wildman–Crippen MR) is 81.9 cm³/mol. The fourth-order valence-electron chi connectivity index (χ4n) is 1.68. The molecule has 0 fully saturated rings. The van der Waals surface area contributed by atoms with Crippen molar-refractivity contribution in [1.29, 1.82) is 0 Å². The highest BCUT2D eigenvalue weighted by Crippen LogP contribution is 2.32. The first-order valence-corrected chi connectivity index (χ1v) is 7.31. The maximum Gasteiger partial charge on any atom is 0.156 e. The molecule has 0 aliphatic rings. The number of ether oxygens (including phenoxy) is 2. The van der Waals surface area contributed by atoms with Gasteiger partial charge in [-0.3, -0.25) is 0 Å². The van der Waals surface area contributed by atoms with Crippen LogP contribution in [0.1, 0.15) is 13.3 Å². The molecule has 6 heteroatoms. The van der Waals surface area contributed by atoms with E-state index in [4.69, 9.17) is 32.7 Å². The third-order valence-corrected chi connectivity index (χ3v) is 3.44.